The highest BCUT2D eigenvalue weighted by Gasteiger charge is 2.09. The number of aromatic carboxylic acids is 1. The van der Waals surface area contributed by atoms with E-state index >= 15 is 0 Å². The molecular weight excluding hydrogens is 245 g/mol. The van der Waals surface area contributed by atoms with Gasteiger partial charge < -0.3 is 10.4 Å². The van der Waals surface area contributed by atoms with Crippen LogP contribution in [0, 0.1) is 5.82 Å². The lowest BCUT2D eigenvalue weighted by Gasteiger charge is -2.04. The van der Waals surface area contributed by atoms with Crippen LogP contribution in [0.4, 0.5) is 4.39 Å². The maximum Gasteiger partial charge on any atom is 0.335 e. The molecule has 2 N–H and O–H groups in total. The predicted octanol–water partition coefficient (Wildman–Crippen LogP) is 1.75. The van der Waals surface area contributed by atoms with Crippen molar-refractivity contribution in [1.82, 2.24) is 5.32 Å². The van der Waals surface area contributed by atoms with Crippen molar-refractivity contribution in [3.05, 3.63) is 29.6 Å². The normalized spacial score (nSPS) is 10.0. The van der Waals surface area contributed by atoms with Gasteiger partial charge in [0.1, 0.15) is 5.82 Å². The first kappa shape index (κ1) is 13.5. The highest BCUT2D eigenvalue weighted by molar-refractivity contribution is 7.99. The lowest BCUT2D eigenvalue weighted by atomic mass is 10.2. The largest absolute Gasteiger partial charge is 0.478 e. The Morgan fingerprint density at radius 1 is 1.47 bits per heavy atom. The van der Waals surface area contributed by atoms with E-state index in [1.165, 1.54) is 19.2 Å². The molecule has 0 spiro atoms. The van der Waals surface area contributed by atoms with Gasteiger partial charge in [0.15, 0.2) is 0 Å². The van der Waals surface area contributed by atoms with Gasteiger partial charge in [-0.2, -0.15) is 0 Å². The number of carboxylic acids is 1. The van der Waals surface area contributed by atoms with E-state index < -0.39 is 11.8 Å². The quantitative estimate of drug-likeness (QED) is 0.789. The van der Waals surface area contributed by atoms with E-state index in [-0.39, 0.29) is 22.8 Å². The Bertz CT molecular complexity index is 437. The first-order valence-electron chi connectivity index (χ1n) is 4.91. The Kier molecular flexibility index (Phi) is 4.96. The molecule has 4 nitrogen and oxygen atoms in total. The van der Waals surface area contributed by atoms with Crippen LogP contribution in [-0.2, 0) is 4.79 Å². The van der Waals surface area contributed by atoms with Crippen LogP contribution in [0.25, 0.3) is 0 Å². The summed E-state index contributed by atoms with van der Waals surface area (Å²) in [6.45, 7) is 0. The third-order valence-corrected chi connectivity index (χ3v) is 3.08. The smallest absolute Gasteiger partial charge is 0.335 e. The number of hydrogen-bond donors (Lipinski definition) is 2. The van der Waals surface area contributed by atoms with Crippen molar-refractivity contribution < 1.29 is 19.1 Å². The van der Waals surface area contributed by atoms with Crippen LogP contribution in [0.1, 0.15) is 16.8 Å². The SMILES string of the molecule is CNC(=O)CCSc1cc(C(=O)O)ccc1F. The summed E-state index contributed by atoms with van der Waals surface area (Å²) in [5.41, 5.74) is 0.0360. The molecular formula is C11H12FNO3S. The van der Waals surface area contributed by atoms with Gasteiger partial charge >= 0.3 is 5.97 Å². The monoisotopic (exact) mass is 257 g/mol. The number of carbonyl (C=O) groups excluding carboxylic acids is 1. The molecule has 0 aliphatic carbocycles. The second-order valence-corrected chi connectivity index (χ2v) is 4.36. The summed E-state index contributed by atoms with van der Waals surface area (Å²) in [5.74, 6) is -1.30. The van der Waals surface area contributed by atoms with E-state index in [0.29, 0.717) is 5.75 Å². The number of nitrogens with one attached hydrogen (secondary N) is 1. The van der Waals surface area contributed by atoms with E-state index in [1.54, 1.807) is 0 Å². The van der Waals surface area contributed by atoms with Crippen LogP contribution < -0.4 is 5.32 Å². The van der Waals surface area contributed by atoms with Crippen LogP contribution in [-0.4, -0.2) is 29.8 Å². The fraction of sp³-hybridized carbons (Fsp3) is 0.273. The van der Waals surface area contributed by atoms with Crippen LogP contribution in [0.3, 0.4) is 0 Å². The molecule has 0 saturated heterocycles. The van der Waals surface area contributed by atoms with Crippen molar-refractivity contribution in [3.63, 3.8) is 0 Å². The predicted molar refractivity (Wildman–Crippen MR) is 62.8 cm³/mol. The Morgan fingerprint density at radius 2 is 2.18 bits per heavy atom. The fourth-order valence-electron chi connectivity index (χ4n) is 1.13. The highest BCUT2D eigenvalue weighted by atomic mass is 32.2. The fourth-order valence-corrected chi connectivity index (χ4v) is 2.05. The van der Waals surface area contributed by atoms with Gasteiger partial charge in [-0.3, -0.25) is 4.79 Å². The third-order valence-electron chi connectivity index (χ3n) is 2.04. The van der Waals surface area contributed by atoms with Gasteiger partial charge in [-0.05, 0) is 18.2 Å². The average molecular weight is 257 g/mol. The molecule has 0 aliphatic rings. The zero-order chi connectivity index (χ0) is 12.8. The van der Waals surface area contributed by atoms with Crippen molar-refractivity contribution in [2.24, 2.45) is 0 Å². The highest BCUT2D eigenvalue weighted by Crippen LogP contribution is 2.23. The van der Waals surface area contributed by atoms with Gasteiger partial charge in [0, 0.05) is 24.1 Å². The lowest BCUT2D eigenvalue weighted by molar-refractivity contribution is -0.120. The molecule has 0 bridgehead atoms. The van der Waals surface area contributed by atoms with Crippen LogP contribution >= 0.6 is 11.8 Å². The maximum absolute atomic E-state index is 13.3. The van der Waals surface area contributed by atoms with E-state index in [0.717, 1.165) is 17.8 Å². The number of halogens is 1. The molecule has 1 aromatic carbocycles. The molecule has 1 rings (SSSR count). The van der Waals surface area contributed by atoms with Crippen LogP contribution in [0.5, 0.6) is 0 Å². The third kappa shape index (κ3) is 4.07. The molecule has 17 heavy (non-hydrogen) atoms. The zero-order valence-electron chi connectivity index (χ0n) is 9.20. The molecule has 1 amide bonds. The zero-order valence-corrected chi connectivity index (χ0v) is 10.0. The molecule has 6 heteroatoms. The van der Waals surface area contributed by atoms with Gasteiger partial charge in [-0.15, -0.1) is 11.8 Å². The summed E-state index contributed by atoms with van der Waals surface area (Å²) in [4.78, 5) is 21.9. The van der Waals surface area contributed by atoms with Crippen molar-refractivity contribution in [3.8, 4) is 0 Å². The van der Waals surface area contributed by atoms with Crippen LogP contribution in [0.15, 0.2) is 23.1 Å². The van der Waals surface area contributed by atoms with E-state index in [9.17, 15) is 14.0 Å². The molecule has 0 aliphatic heterocycles. The Labute approximate surface area is 102 Å². The number of rotatable bonds is 5. The van der Waals surface area contributed by atoms with E-state index in [4.69, 9.17) is 5.11 Å². The second kappa shape index (κ2) is 6.24. The molecule has 0 unspecified atom stereocenters. The minimum atomic E-state index is -1.10. The summed E-state index contributed by atoms with van der Waals surface area (Å²) in [7, 11) is 1.53. The summed E-state index contributed by atoms with van der Waals surface area (Å²) in [6, 6.07) is 3.60. The number of hydrogen-bond acceptors (Lipinski definition) is 3. The van der Waals surface area contributed by atoms with Gasteiger partial charge in [-0.25, -0.2) is 9.18 Å². The van der Waals surface area contributed by atoms with Crippen LogP contribution in [0.2, 0.25) is 0 Å². The number of carbonyl (C=O) groups is 2. The minimum absolute atomic E-state index is 0.0360. The molecule has 0 aromatic heterocycles. The molecule has 0 heterocycles. The lowest BCUT2D eigenvalue weighted by Crippen LogP contribution is -2.17. The summed E-state index contributed by atoms with van der Waals surface area (Å²) in [6.07, 6.45) is 0.262. The average Bonchev–Trinajstić information content (AvgIpc) is 2.30. The van der Waals surface area contributed by atoms with Crippen molar-refractivity contribution in [1.29, 1.82) is 0 Å². The molecule has 0 radical (unpaired) electrons. The van der Waals surface area contributed by atoms with Gasteiger partial charge in [0.2, 0.25) is 5.91 Å². The first-order valence-corrected chi connectivity index (χ1v) is 5.89. The van der Waals surface area contributed by atoms with Gasteiger partial charge in [0.25, 0.3) is 0 Å². The van der Waals surface area contributed by atoms with Gasteiger partial charge in [-0.1, -0.05) is 0 Å². The first-order chi connectivity index (χ1) is 8.04. The minimum Gasteiger partial charge on any atom is -0.478 e. The van der Waals surface area contributed by atoms with Crippen molar-refractivity contribution in [2.75, 3.05) is 12.8 Å². The number of amides is 1. The Morgan fingerprint density at radius 3 is 2.76 bits per heavy atom. The van der Waals surface area contributed by atoms with E-state index in [2.05, 4.69) is 5.32 Å². The Balaban J connectivity index is 2.66. The van der Waals surface area contributed by atoms with E-state index in [1.807, 2.05) is 0 Å². The summed E-state index contributed by atoms with van der Waals surface area (Å²) >= 11 is 1.12. The molecule has 0 fully saturated rings. The van der Waals surface area contributed by atoms with Crippen molar-refractivity contribution >= 4 is 23.6 Å². The number of benzene rings is 1. The standard InChI is InChI=1S/C11H12FNO3S/c1-13-10(14)4-5-17-9-6-7(11(15)16)2-3-8(9)12/h2-3,6H,4-5H2,1H3,(H,13,14)(H,15,16). The molecule has 0 saturated carbocycles. The summed E-state index contributed by atoms with van der Waals surface area (Å²) in [5, 5.41) is 11.2. The molecule has 1 aromatic rings. The number of carboxylic acid groups (broad SMARTS) is 1. The topological polar surface area (TPSA) is 66.4 Å². The summed E-state index contributed by atoms with van der Waals surface area (Å²) < 4.78 is 13.3. The Hall–Kier alpha value is -1.56. The second-order valence-electron chi connectivity index (χ2n) is 3.22. The van der Waals surface area contributed by atoms with Gasteiger partial charge in [0.05, 0.1) is 5.56 Å². The molecule has 92 valence electrons. The maximum atomic E-state index is 13.3. The number of thioether (sulfide) groups is 1. The molecule has 0 atom stereocenters. The van der Waals surface area contributed by atoms with Crippen molar-refractivity contribution in [2.45, 2.75) is 11.3 Å².